The lowest BCUT2D eigenvalue weighted by molar-refractivity contribution is 0.0641. The van der Waals surface area contributed by atoms with Gasteiger partial charge >= 0.3 is 6.09 Å². The molecule has 1 N–H and O–H groups in total. The van der Waals surface area contributed by atoms with E-state index in [0.717, 1.165) is 45.1 Å². The molecule has 150 valence electrons. The summed E-state index contributed by atoms with van der Waals surface area (Å²) in [7, 11) is 1.40. The molecule has 1 aliphatic rings. The second-order valence-corrected chi connectivity index (χ2v) is 7.34. The number of hydrogen-bond acceptors (Lipinski definition) is 3. The number of fused-ring (bicyclic) bond motifs is 1. The quantitative estimate of drug-likeness (QED) is 0.577. The van der Waals surface area contributed by atoms with Crippen molar-refractivity contribution in [1.29, 1.82) is 0 Å². The number of carbonyl (C=O) groups excluding carboxylic acids is 1. The Morgan fingerprint density at radius 3 is 2.85 bits per heavy atom. The minimum Gasteiger partial charge on any atom is -0.453 e. The van der Waals surface area contributed by atoms with Crippen LogP contribution in [0.1, 0.15) is 68.6 Å². The number of unbranched alkanes of at least 4 members (excludes halogenated alkanes) is 1. The molecule has 0 aromatic heterocycles. The first-order valence-electron chi connectivity index (χ1n) is 10.4. The molecule has 2 rings (SSSR count). The highest BCUT2D eigenvalue weighted by atomic mass is 16.5. The molecular formula is C23H35NO3. The van der Waals surface area contributed by atoms with Crippen LogP contribution >= 0.6 is 0 Å². The Kier molecular flexibility index (Phi) is 9.40. The summed E-state index contributed by atoms with van der Waals surface area (Å²) in [5.41, 5.74) is 4.16. The Morgan fingerprint density at radius 1 is 1.26 bits per heavy atom. The van der Waals surface area contributed by atoms with Crippen molar-refractivity contribution in [3.63, 3.8) is 0 Å². The zero-order chi connectivity index (χ0) is 19.5. The van der Waals surface area contributed by atoms with Gasteiger partial charge in [0.15, 0.2) is 0 Å². The fraction of sp³-hybridized carbons (Fsp3) is 0.609. The molecule has 0 radical (unpaired) electrons. The number of allylic oxidation sites excluding steroid dienone is 1. The van der Waals surface area contributed by atoms with Crippen LogP contribution in [-0.2, 0) is 22.3 Å². The number of hydrogen-bond donors (Lipinski definition) is 1. The second kappa shape index (κ2) is 11.8. The van der Waals surface area contributed by atoms with Crippen LogP contribution in [0.4, 0.5) is 4.79 Å². The molecule has 2 atom stereocenters. The lowest BCUT2D eigenvalue weighted by atomic mass is 9.85. The number of benzene rings is 1. The molecule has 0 aliphatic heterocycles. The Labute approximate surface area is 164 Å². The number of nitrogens with one attached hydrogen (secondary N) is 1. The first-order valence-corrected chi connectivity index (χ1v) is 10.4. The largest absolute Gasteiger partial charge is 0.453 e. The van der Waals surface area contributed by atoms with Gasteiger partial charge in [-0.25, -0.2) is 4.79 Å². The van der Waals surface area contributed by atoms with Gasteiger partial charge in [-0.3, -0.25) is 0 Å². The summed E-state index contributed by atoms with van der Waals surface area (Å²) in [6, 6.07) is 6.82. The van der Waals surface area contributed by atoms with Crippen LogP contribution in [0.3, 0.4) is 0 Å². The molecule has 0 unspecified atom stereocenters. The van der Waals surface area contributed by atoms with E-state index in [1.165, 1.54) is 30.2 Å². The van der Waals surface area contributed by atoms with Crippen molar-refractivity contribution < 1.29 is 14.3 Å². The Bertz CT molecular complexity index is 612. The average Bonchev–Trinajstić information content (AvgIpc) is 2.70. The SMILES string of the molecule is CCC/C=C/CO[C@H]1CCc2cc([C@@H](CCC)CNC(=O)OC)ccc2C1. The second-order valence-electron chi connectivity index (χ2n) is 7.34. The molecular weight excluding hydrogens is 338 g/mol. The van der Waals surface area contributed by atoms with Gasteiger partial charge in [0, 0.05) is 12.5 Å². The first-order chi connectivity index (χ1) is 13.2. The van der Waals surface area contributed by atoms with E-state index < -0.39 is 0 Å². The fourth-order valence-electron chi connectivity index (χ4n) is 3.70. The number of amides is 1. The minimum atomic E-state index is -0.359. The van der Waals surface area contributed by atoms with Crippen molar-refractivity contribution in [3.8, 4) is 0 Å². The van der Waals surface area contributed by atoms with Crippen molar-refractivity contribution in [3.05, 3.63) is 47.0 Å². The Hall–Kier alpha value is -1.81. The van der Waals surface area contributed by atoms with Gasteiger partial charge in [-0.1, -0.05) is 57.0 Å². The number of carbonyl (C=O) groups is 1. The van der Waals surface area contributed by atoms with Crippen LogP contribution in [0.2, 0.25) is 0 Å². The highest BCUT2D eigenvalue weighted by molar-refractivity contribution is 5.66. The van der Waals surface area contributed by atoms with Crippen LogP contribution < -0.4 is 5.32 Å². The summed E-state index contributed by atoms with van der Waals surface area (Å²) in [4.78, 5) is 11.4. The topological polar surface area (TPSA) is 47.6 Å². The monoisotopic (exact) mass is 373 g/mol. The van der Waals surface area contributed by atoms with Crippen LogP contribution in [-0.4, -0.2) is 32.5 Å². The van der Waals surface area contributed by atoms with E-state index in [4.69, 9.17) is 9.47 Å². The average molecular weight is 374 g/mol. The first kappa shape index (κ1) is 21.5. The number of aryl methyl sites for hydroxylation is 1. The van der Waals surface area contributed by atoms with E-state index >= 15 is 0 Å². The van der Waals surface area contributed by atoms with E-state index in [1.807, 2.05) is 0 Å². The van der Waals surface area contributed by atoms with E-state index in [9.17, 15) is 4.79 Å². The van der Waals surface area contributed by atoms with Crippen molar-refractivity contribution in [2.24, 2.45) is 0 Å². The number of rotatable bonds is 10. The van der Waals surface area contributed by atoms with E-state index in [1.54, 1.807) is 0 Å². The van der Waals surface area contributed by atoms with Gasteiger partial charge < -0.3 is 14.8 Å². The number of alkyl carbamates (subject to hydrolysis) is 1. The third-order valence-corrected chi connectivity index (χ3v) is 5.25. The highest BCUT2D eigenvalue weighted by Gasteiger charge is 2.21. The lowest BCUT2D eigenvalue weighted by Crippen LogP contribution is -2.28. The maximum atomic E-state index is 11.4. The maximum absolute atomic E-state index is 11.4. The summed E-state index contributed by atoms with van der Waals surface area (Å²) in [5.74, 6) is 0.331. The van der Waals surface area contributed by atoms with Gasteiger partial charge in [0.25, 0.3) is 0 Å². The molecule has 4 nitrogen and oxygen atoms in total. The Balaban J connectivity index is 1.94. The normalized spacial score (nSPS) is 17.5. The van der Waals surface area contributed by atoms with Crippen LogP contribution in [0, 0.1) is 0 Å². The molecule has 0 fully saturated rings. The van der Waals surface area contributed by atoms with Gasteiger partial charge in [0.2, 0.25) is 0 Å². The summed E-state index contributed by atoms with van der Waals surface area (Å²) < 4.78 is 10.7. The van der Waals surface area contributed by atoms with Crippen LogP contribution in [0.15, 0.2) is 30.4 Å². The zero-order valence-corrected chi connectivity index (χ0v) is 17.1. The molecule has 0 heterocycles. The van der Waals surface area contributed by atoms with Gasteiger partial charge in [-0.2, -0.15) is 0 Å². The zero-order valence-electron chi connectivity index (χ0n) is 17.1. The molecule has 1 amide bonds. The summed E-state index contributed by atoms with van der Waals surface area (Å²) in [5, 5.41) is 2.85. The molecule has 4 heteroatoms. The van der Waals surface area contributed by atoms with E-state index in [-0.39, 0.29) is 6.09 Å². The van der Waals surface area contributed by atoms with Crippen molar-refractivity contribution in [2.45, 2.75) is 70.8 Å². The molecule has 1 aromatic rings. The van der Waals surface area contributed by atoms with Gasteiger partial charge in [0.05, 0.1) is 19.8 Å². The highest BCUT2D eigenvalue weighted by Crippen LogP contribution is 2.28. The van der Waals surface area contributed by atoms with E-state index in [0.29, 0.717) is 18.6 Å². The predicted octanol–water partition coefficient (Wildman–Crippen LogP) is 5.16. The third kappa shape index (κ3) is 7.02. The molecule has 0 bridgehead atoms. The van der Waals surface area contributed by atoms with Gasteiger partial charge in [-0.05, 0) is 48.8 Å². The van der Waals surface area contributed by atoms with Gasteiger partial charge in [-0.15, -0.1) is 0 Å². The maximum Gasteiger partial charge on any atom is 0.406 e. The Morgan fingerprint density at radius 2 is 2.11 bits per heavy atom. The summed E-state index contributed by atoms with van der Waals surface area (Å²) in [6.07, 6.45) is 11.9. The van der Waals surface area contributed by atoms with Crippen LogP contribution in [0.5, 0.6) is 0 Å². The fourth-order valence-corrected chi connectivity index (χ4v) is 3.70. The van der Waals surface area contributed by atoms with Crippen molar-refractivity contribution >= 4 is 6.09 Å². The molecule has 0 spiro atoms. The van der Waals surface area contributed by atoms with Crippen molar-refractivity contribution in [1.82, 2.24) is 5.32 Å². The standard InChI is InChI=1S/C23H35NO3/c1-4-6-7-8-14-27-22-13-12-18-15-19(10-11-20(18)16-22)21(9-5-2)17-24-23(25)26-3/h7-8,10-11,15,21-22H,4-6,9,12-14,16-17H2,1-3H3,(H,24,25)/b8-7+/t21-,22-/m0/s1. The minimum absolute atomic E-state index is 0.321. The number of ether oxygens (including phenoxy) is 2. The molecule has 27 heavy (non-hydrogen) atoms. The lowest BCUT2D eigenvalue weighted by Gasteiger charge is -2.26. The van der Waals surface area contributed by atoms with E-state index in [2.05, 4.69) is 49.5 Å². The third-order valence-electron chi connectivity index (χ3n) is 5.25. The summed E-state index contributed by atoms with van der Waals surface area (Å²) in [6.45, 7) is 5.71. The van der Waals surface area contributed by atoms with Gasteiger partial charge in [0.1, 0.15) is 0 Å². The molecule has 1 aliphatic carbocycles. The summed E-state index contributed by atoms with van der Waals surface area (Å²) >= 11 is 0. The molecule has 0 saturated heterocycles. The predicted molar refractivity (Wildman–Crippen MR) is 110 cm³/mol. The molecule has 0 saturated carbocycles. The number of methoxy groups -OCH3 is 1. The smallest absolute Gasteiger partial charge is 0.406 e. The van der Waals surface area contributed by atoms with Crippen molar-refractivity contribution in [2.75, 3.05) is 20.3 Å². The van der Waals surface area contributed by atoms with Crippen LogP contribution in [0.25, 0.3) is 0 Å². The molecule has 1 aromatic carbocycles.